The van der Waals surface area contributed by atoms with Crippen LogP contribution in [-0.2, 0) is 9.59 Å². The summed E-state index contributed by atoms with van der Waals surface area (Å²) in [5.41, 5.74) is 2.26. The van der Waals surface area contributed by atoms with E-state index in [2.05, 4.69) is 0 Å². The van der Waals surface area contributed by atoms with E-state index in [1.807, 2.05) is 0 Å². The first-order valence-corrected chi connectivity index (χ1v) is 3.86. The van der Waals surface area contributed by atoms with Gasteiger partial charge >= 0.3 is 0 Å². The third kappa shape index (κ3) is 5.81. The third-order valence-electron chi connectivity index (χ3n) is 1.35. The Labute approximate surface area is 76.9 Å². The van der Waals surface area contributed by atoms with Crippen LogP contribution in [-0.4, -0.2) is 17.4 Å². The molecule has 0 spiro atoms. The molecule has 0 aromatic carbocycles. The van der Waals surface area contributed by atoms with E-state index < -0.39 is 5.91 Å². The summed E-state index contributed by atoms with van der Waals surface area (Å²) in [6.07, 6.45) is 5.23. The molecule has 0 aliphatic carbocycles. The zero-order chi connectivity index (χ0) is 10.3. The second-order valence-corrected chi connectivity index (χ2v) is 2.72. The monoisotopic (exact) mass is 183 g/mol. The maximum Gasteiger partial charge on any atom is 0.267 e. The molecule has 0 aromatic heterocycles. The molecule has 0 fully saturated rings. The Bertz CT molecular complexity index is 243. The van der Waals surface area contributed by atoms with E-state index in [1.54, 1.807) is 19.9 Å². The summed E-state index contributed by atoms with van der Waals surface area (Å²) in [4.78, 5) is 20.8. The largest absolute Gasteiger partial charge is 0.303 e. The summed E-state index contributed by atoms with van der Waals surface area (Å²) in [6.45, 7) is 3.51. The Hall–Kier alpha value is -1.42. The Morgan fingerprint density at radius 3 is 2.54 bits per heavy atom. The normalized spacial score (nSPS) is 14.2. The number of hydroxylamine groups is 1. The second-order valence-electron chi connectivity index (χ2n) is 2.72. The van der Waals surface area contributed by atoms with E-state index >= 15 is 0 Å². The first-order valence-electron chi connectivity index (χ1n) is 3.86. The van der Waals surface area contributed by atoms with Crippen LogP contribution in [0.25, 0.3) is 0 Å². The summed E-state index contributed by atoms with van der Waals surface area (Å²) in [7, 11) is 0. The van der Waals surface area contributed by atoms with Crippen molar-refractivity contribution in [3.63, 3.8) is 0 Å². The Morgan fingerprint density at radius 1 is 1.46 bits per heavy atom. The number of nitrogens with one attached hydrogen (secondary N) is 1. The van der Waals surface area contributed by atoms with Crippen molar-refractivity contribution in [1.82, 2.24) is 5.48 Å². The van der Waals surface area contributed by atoms with Crippen LogP contribution >= 0.6 is 0 Å². The predicted molar refractivity (Wildman–Crippen MR) is 48.1 cm³/mol. The van der Waals surface area contributed by atoms with Crippen LogP contribution in [0.3, 0.4) is 0 Å². The Balaban J connectivity index is 4.20. The maximum atomic E-state index is 10.5. The lowest BCUT2D eigenvalue weighted by molar-refractivity contribution is -0.124. The molecule has 0 saturated heterocycles. The van der Waals surface area contributed by atoms with Crippen molar-refractivity contribution in [2.45, 2.75) is 13.8 Å². The highest BCUT2D eigenvalue weighted by molar-refractivity contribution is 5.86. The standard InChI is InChI=1S/C9H13NO3/c1-7(5-8(2)6-11)3-4-9(12)10-13/h3-6,8,13H,1-2H3,(H,10,12)/b4-3+,7-5+. The average Bonchev–Trinajstić information content (AvgIpc) is 2.13. The van der Waals surface area contributed by atoms with Crippen LogP contribution in [0.1, 0.15) is 13.8 Å². The minimum Gasteiger partial charge on any atom is -0.303 e. The summed E-state index contributed by atoms with van der Waals surface area (Å²) < 4.78 is 0. The SMILES string of the molecule is CC(/C=C/C(=O)NO)=C\C(C)C=O. The number of aldehydes is 1. The molecule has 0 aliphatic heterocycles. The topological polar surface area (TPSA) is 66.4 Å². The molecule has 1 atom stereocenters. The van der Waals surface area contributed by atoms with Crippen LogP contribution in [0.2, 0.25) is 0 Å². The van der Waals surface area contributed by atoms with Gasteiger partial charge in [0.05, 0.1) is 0 Å². The average molecular weight is 183 g/mol. The van der Waals surface area contributed by atoms with Crippen LogP contribution in [0.15, 0.2) is 23.8 Å². The molecule has 0 saturated carbocycles. The van der Waals surface area contributed by atoms with Gasteiger partial charge in [-0.25, -0.2) is 5.48 Å². The molecule has 0 bridgehead atoms. The van der Waals surface area contributed by atoms with Crippen molar-refractivity contribution in [2.75, 3.05) is 0 Å². The predicted octanol–water partition coefficient (Wildman–Crippen LogP) is 0.829. The summed E-state index contributed by atoms with van der Waals surface area (Å²) in [6, 6.07) is 0. The van der Waals surface area contributed by atoms with E-state index in [9.17, 15) is 9.59 Å². The first kappa shape index (κ1) is 11.6. The van der Waals surface area contributed by atoms with Crippen LogP contribution in [0.4, 0.5) is 0 Å². The third-order valence-corrected chi connectivity index (χ3v) is 1.35. The maximum absolute atomic E-state index is 10.5. The molecule has 4 heteroatoms. The lowest BCUT2D eigenvalue weighted by Crippen LogP contribution is -2.14. The first-order chi connectivity index (χ1) is 6.10. The lowest BCUT2D eigenvalue weighted by atomic mass is 10.1. The van der Waals surface area contributed by atoms with Crippen LogP contribution in [0.5, 0.6) is 0 Å². The number of carbonyl (C=O) groups is 2. The highest BCUT2D eigenvalue weighted by atomic mass is 16.5. The van der Waals surface area contributed by atoms with Gasteiger partial charge in [0.25, 0.3) is 5.91 Å². The molecule has 0 rings (SSSR count). The number of hydrogen-bond acceptors (Lipinski definition) is 3. The highest BCUT2D eigenvalue weighted by Gasteiger charge is 1.94. The molecule has 72 valence electrons. The molecule has 0 aromatic rings. The number of rotatable bonds is 4. The number of amides is 1. The second kappa shape index (κ2) is 6.14. The van der Waals surface area contributed by atoms with Crippen molar-refractivity contribution in [3.05, 3.63) is 23.8 Å². The van der Waals surface area contributed by atoms with Crippen molar-refractivity contribution < 1.29 is 14.8 Å². The van der Waals surface area contributed by atoms with Gasteiger partial charge in [-0.2, -0.15) is 0 Å². The van der Waals surface area contributed by atoms with Gasteiger partial charge in [0, 0.05) is 12.0 Å². The quantitative estimate of drug-likeness (QED) is 0.223. The van der Waals surface area contributed by atoms with E-state index in [0.29, 0.717) is 0 Å². The van der Waals surface area contributed by atoms with Gasteiger partial charge in [-0.05, 0) is 6.92 Å². The van der Waals surface area contributed by atoms with Gasteiger partial charge in [0.1, 0.15) is 6.29 Å². The van der Waals surface area contributed by atoms with Gasteiger partial charge in [-0.3, -0.25) is 10.0 Å². The molecule has 0 heterocycles. The molecule has 4 nitrogen and oxygen atoms in total. The smallest absolute Gasteiger partial charge is 0.267 e. The van der Waals surface area contributed by atoms with Crippen molar-refractivity contribution >= 4 is 12.2 Å². The summed E-state index contributed by atoms with van der Waals surface area (Å²) >= 11 is 0. The van der Waals surface area contributed by atoms with E-state index in [4.69, 9.17) is 5.21 Å². The van der Waals surface area contributed by atoms with Gasteiger partial charge in [-0.15, -0.1) is 0 Å². The number of carbonyl (C=O) groups excluding carboxylic acids is 2. The summed E-state index contributed by atoms with van der Waals surface area (Å²) in [5.74, 6) is -0.756. The van der Waals surface area contributed by atoms with E-state index in [0.717, 1.165) is 11.9 Å². The molecule has 1 amide bonds. The highest BCUT2D eigenvalue weighted by Crippen LogP contribution is 2.01. The summed E-state index contributed by atoms with van der Waals surface area (Å²) in [5, 5.41) is 8.15. The fraction of sp³-hybridized carbons (Fsp3) is 0.333. The van der Waals surface area contributed by atoms with E-state index in [-0.39, 0.29) is 5.92 Å². The fourth-order valence-corrected chi connectivity index (χ4v) is 0.754. The fourth-order valence-electron chi connectivity index (χ4n) is 0.754. The lowest BCUT2D eigenvalue weighted by Gasteiger charge is -1.95. The number of hydrogen-bond donors (Lipinski definition) is 2. The zero-order valence-electron chi connectivity index (χ0n) is 7.65. The van der Waals surface area contributed by atoms with E-state index in [1.165, 1.54) is 17.6 Å². The molecular formula is C9H13NO3. The van der Waals surface area contributed by atoms with Crippen LogP contribution in [0, 0.1) is 5.92 Å². The van der Waals surface area contributed by atoms with Crippen molar-refractivity contribution in [3.8, 4) is 0 Å². The minimum atomic E-state index is -0.591. The van der Waals surface area contributed by atoms with Gasteiger partial charge in [-0.1, -0.05) is 24.6 Å². The Morgan fingerprint density at radius 2 is 2.08 bits per heavy atom. The zero-order valence-corrected chi connectivity index (χ0v) is 7.65. The molecular weight excluding hydrogens is 170 g/mol. The van der Waals surface area contributed by atoms with Gasteiger partial charge in [0.15, 0.2) is 0 Å². The number of allylic oxidation sites excluding steroid dienone is 3. The van der Waals surface area contributed by atoms with Gasteiger partial charge in [0.2, 0.25) is 0 Å². The van der Waals surface area contributed by atoms with Crippen LogP contribution < -0.4 is 5.48 Å². The van der Waals surface area contributed by atoms with Crippen molar-refractivity contribution in [2.24, 2.45) is 5.92 Å². The van der Waals surface area contributed by atoms with Crippen molar-refractivity contribution in [1.29, 1.82) is 0 Å². The Kier molecular flexibility index (Phi) is 5.47. The minimum absolute atomic E-state index is 0.165. The van der Waals surface area contributed by atoms with Gasteiger partial charge < -0.3 is 4.79 Å². The molecule has 0 radical (unpaired) electrons. The molecule has 13 heavy (non-hydrogen) atoms. The molecule has 0 aliphatic rings. The molecule has 2 N–H and O–H groups in total. The molecule has 1 unspecified atom stereocenters.